The maximum atomic E-state index is 12.3. The number of allylic oxidation sites excluding steroid dienone is 5. The molecule has 0 saturated heterocycles. The molecule has 1 saturated carbocycles. The van der Waals surface area contributed by atoms with Gasteiger partial charge >= 0.3 is 11.9 Å². The van der Waals surface area contributed by atoms with Crippen molar-refractivity contribution in [1.29, 1.82) is 0 Å². The zero-order valence-corrected chi connectivity index (χ0v) is 22.7. The number of hydrogen-bond acceptors (Lipinski definition) is 6. The fourth-order valence-corrected chi connectivity index (χ4v) is 5.29. The van der Waals surface area contributed by atoms with Gasteiger partial charge in [-0.2, -0.15) is 0 Å². The molecule has 7 heteroatoms. The van der Waals surface area contributed by atoms with Crippen LogP contribution in [0.4, 0.5) is 0 Å². The molecule has 0 N–H and O–H groups in total. The molecular formula is C28H37ClO6. The van der Waals surface area contributed by atoms with Crippen molar-refractivity contribution in [2.45, 2.75) is 85.6 Å². The number of aldehydes is 1. The lowest BCUT2D eigenvalue weighted by Crippen LogP contribution is -2.46. The van der Waals surface area contributed by atoms with Gasteiger partial charge in [0.1, 0.15) is 11.5 Å². The lowest BCUT2D eigenvalue weighted by atomic mass is 9.61. The number of carbonyl (C=O) groups is 4. The van der Waals surface area contributed by atoms with Crippen molar-refractivity contribution in [2.24, 2.45) is 17.3 Å². The molecule has 2 aliphatic rings. The number of rotatable bonds is 7. The van der Waals surface area contributed by atoms with Crippen LogP contribution in [-0.4, -0.2) is 35.0 Å². The summed E-state index contributed by atoms with van der Waals surface area (Å²) in [6, 6.07) is 0. The van der Waals surface area contributed by atoms with Gasteiger partial charge in [0, 0.05) is 31.8 Å². The molecule has 0 heterocycles. The quantitative estimate of drug-likeness (QED) is 0.188. The molecule has 5 unspecified atom stereocenters. The summed E-state index contributed by atoms with van der Waals surface area (Å²) in [5.41, 5.74) is 0.411. The maximum Gasteiger partial charge on any atom is 0.308 e. The van der Waals surface area contributed by atoms with Crippen LogP contribution in [0.1, 0.15) is 74.7 Å². The number of halogens is 1. The molecule has 0 radical (unpaired) electrons. The van der Waals surface area contributed by atoms with E-state index in [-0.39, 0.29) is 34.9 Å². The smallest absolute Gasteiger partial charge is 0.308 e. The molecule has 35 heavy (non-hydrogen) atoms. The third-order valence-corrected chi connectivity index (χ3v) is 8.50. The molecule has 192 valence electrons. The predicted molar refractivity (Wildman–Crippen MR) is 136 cm³/mol. The summed E-state index contributed by atoms with van der Waals surface area (Å²) in [5.74, 6) is -0.488. The van der Waals surface area contributed by atoms with Crippen LogP contribution >= 0.6 is 11.6 Å². The minimum Gasteiger partial charge on any atom is -0.453 e. The van der Waals surface area contributed by atoms with Crippen molar-refractivity contribution < 1.29 is 28.7 Å². The van der Waals surface area contributed by atoms with E-state index < -0.39 is 22.9 Å². The third kappa shape index (κ3) is 5.85. The van der Waals surface area contributed by atoms with Crippen LogP contribution in [0.5, 0.6) is 0 Å². The molecular weight excluding hydrogens is 468 g/mol. The maximum absolute atomic E-state index is 12.3. The fourth-order valence-electron chi connectivity index (χ4n) is 4.99. The van der Waals surface area contributed by atoms with Crippen LogP contribution in [0.2, 0.25) is 0 Å². The van der Waals surface area contributed by atoms with Gasteiger partial charge in [-0.15, -0.1) is 11.6 Å². The first-order chi connectivity index (χ1) is 16.2. The van der Waals surface area contributed by atoms with Crippen molar-refractivity contribution in [3.05, 3.63) is 46.3 Å². The summed E-state index contributed by atoms with van der Waals surface area (Å²) in [7, 11) is 0. The minimum absolute atomic E-state index is 0.0700. The number of ether oxygens (including phenoxy) is 2. The van der Waals surface area contributed by atoms with Crippen LogP contribution in [0.25, 0.3) is 0 Å². The first kappa shape index (κ1) is 28.8. The Kier molecular flexibility index (Phi) is 9.10. The zero-order valence-electron chi connectivity index (χ0n) is 22.0. The van der Waals surface area contributed by atoms with Gasteiger partial charge in [0.2, 0.25) is 0 Å². The van der Waals surface area contributed by atoms with E-state index in [0.717, 1.165) is 12.0 Å². The van der Waals surface area contributed by atoms with Crippen LogP contribution in [0.3, 0.4) is 0 Å². The van der Waals surface area contributed by atoms with E-state index in [9.17, 15) is 19.2 Å². The van der Waals surface area contributed by atoms with Gasteiger partial charge in [0.15, 0.2) is 11.9 Å². The molecule has 1 fully saturated rings. The molecule has 5 atom stereocenters. The Hall–Kier alpha value is -2.47. The molecule has 6 nitrogen and oxygen atoms in total. The number of Topliss-reactive ketones (excluding diaryl/α,β-unsaturated/α-hetero) is 1. The number of alkyl halides is 1. The first-order valence-corrected chi connectivity index (χ1v) is 12.4. The number of esters is 2. The molecule has 0 bridgehead atoms. The van der Waals surface area contributed by atoms with Crippen molar-refractivity contribution in [3.63, 3.8) is 0 Å². The van der Waals surface area contributed by atoms with Crippen molar-refractivity contribution >= 4 is 35.6 Å². The highest BCUT2D eigenvalue weighted by Crippen LogP contribution is 2.46. The third-order valence-electron chi connectivity index (χ3n) is 7.76. The van der Waals surface area contributed by atoms with Crippen LogP contribution < -0.4 is 0 Å². The summed E-state index contributed by atoms with van der Waals surface area (Å²) in [6.07, 6.45) is 8.33. The highest BCUT2D eigenvalue weighted by Gasteiger charge is 2.48. The van der Waals surface area contributed by atoms with Crippen LogP contribution in [0.15, 0.2) is 46.3 Å². The van der Waals surface area contributed by atoms with Gasteiger partial charge in [-0.25, -0.2) is 0 Å². The molecule has 0 aromatic carbocycles. The van der Waals surface area contributed by atoms with E-state index in [1.54, 1.807) is 13.8 Å². The fraction of sp³-hybridized carbons (Fsp3) is 0.571. The Balaban J connectivity index is 2.52. The SMILES string of the molecule is CC(=O)OC1=C(C/C=C(C)/C=C/C2(C)C(C)CCC(=O)C2C)C(C)(OC(C)=O)C(Cl)C(C)=C1C=O. The van der Waals surface area contributed by atoms with E-state index in [4.69, 9.17) is 21.1 Å². The highest BCUT2D eigenvalue weighted by atomic mass is 35.5. The zero-order chi connectivity index (χ0) is 26.7. The Labute approximate surface area is 213 Å². The average Bonchev–Trinajstić information content (AvgIpc) is 2.77. The number of ketones is 1. The Morgan fingerprint density at radius 1 is 1.14 bits per heavy atom. The van der Waals surface area contributed by atoms with E-state index in [2.05, 4.69) is 19.9 Å². The second kappa shape index (κ2) is 11.1. The number of carbonyl (C=O) groups excluding carboxylic acids is 4. The predicted octanol–water partition coefficient (Wildman–Crippen LogP) is 5.80. The standard InChI is InChI=1S/C28H37ClO6/c1-16(13-14-27(7)17(2)10-12-24(33)19(27)4)9-11-23-25(34-20(5)31)22(15-30)18(3)26(29)28(23,8)35-21(6)32/h9,13-15,17,19,26H,10-12H2,1-8H3/b14-13+,16-9+. The molecule has 0 aromatic heterocycles. The van der Waals surface area contributed by atoms with Crippen LogP contribution in [0, 0.1) is 17.3 Å². The van der Waals surface area contributed by atoms with Gasteiger partial charge in [0.25, 0.3) is 0 Å². The van der Waals surface area contributed by atoms with Crippen molar-refractivity contribution in [2.75, 3.05) is 0 Å². The molecule has 0 aromatic rings. The lowest BCUT2D eigenvalue weighted by molar-refractivity contribution is -0.152. The normalized spacial score (nSPS) is 32.2. The van der Waals surface area contributed by atoms with E-state index in [0.29, 0.717) is 29.8 Å². The van der Waals surface area contributed by atoms with Gasteiger partial charge < -0.3 is 9.47 Å². The van der Waals surface area contributed by atoms with Crippen molar-refractivity contribution in [3.8, 4) is 0 Å². The first-order valence-electron chi connectivity index (χ1n) is 12.0. The topological polar surface area (TPSA) is 86.7 Å². The minimum atomic E-state index is -1.32. The van der Waals surface area contributed by atoms with Gasteiger partial charge in [0.05, 0.1) is 11.0 Å². The highest BCUT2D eigenvalue weighted by molar-refractivity contribution is 6.24. The molecule has 2 rings (SSSR count). The second-order valence-corrected chi connectivity index (χ2v) is 10.6. The van der Waals surface area contributed by atoms with Crippen molar-refractivity contribution in [1.82, 2.24) is 0 Å². The Bertz CT molecular complexity index is 1030. The molecule has 2 aliphatic carbocycles. The summed E-state index contributed by atoms with van der Waals surface area (Å²) in [4.78, 5) is 48.1. The lowest BCUT2D eigenvalue weighted by Gasteiger charge is -2.42. The van der Waals surface area contributed by atoms with Gasteiger partial charge in [-0.05, 0) is 50.5 Å². The summed E-state index contributed by atoms with van der Waals surface area (Å²) >= 11 is 6.70. The Morgan fingerprint density at radius 3 is 2.31 bits per heavy atom. The van der Waals surface area contributed by atoms with E-state index in [1.165, 1.54) is 13.8 Å². The van der Waals surface area contributed by atoms with Gasteiger partial charge in [-0.3, -0.25) is 19.2 Å². The summed E-state index contributed by atoms with van der Waals surface area (Å²) in [6.45, 7) is 14.0. The van der Waals surface area contributed by atoms with E-state index in [1.807, 2.05) is 26.0 Å². The Morgan fingerprint density at radius 2 is 1.77 bits per heavy atom. The van der Waals surface area contributed by atoms with Gasteiger partial charge in [-0.1, -0.05) is 44.6 Å². The molecule has 0 spiro atoms. The number of hydrogen-bond donors (Lipinski definition) is 0. The van der Waals surface area contributed by atoms with Crippen LogP contribution in [-0.2, 0) is 28.7 Å². The average molecular weight is 505 g/mol. The molecule has 0 aliphatic heterocycles. The van der Waals surface area contributed by atoms with E-state index >= 15 is 0 Å². The summed E-state index contributed by atoms with van der Waals surface area (Å²) < 4.78 is 11.1. The monoisotopic (exact) mass is 504 g/mol. The largest absolute Gasteiger partial charge is 0.453 e. The second-order valence-electron chi connectivity index (χ2n) is 10.2. The summed E-state index contributed by atoms with van der Waals surface area (Å²) in [5, 5.41) is -0.820. The molecule has 0 amide bonds.